The van der Waals surface area contributed by atoms with Gasteiger partial charge >= 0.3 is 5.97 Å². The first-order chi connectivity index (χ1) is 10.2. The van der Waals surface area contributed by atoms with Gasteiger partial charge in [-0.1, -0.05) is 6.42 Å². The molecule has 2 unspecified atom stereocenters. The van der Waals surface area contributed by atoms with E-state index in [1.165, 1.54) is 16.0 Å². The summed E-state index contributed by atoms with van der Waals surface area (Å²) in [6.07, 6.45) is 2.84. The maximum Gasteiger partial charge on any atom is 0.320 e. The van der Waals surface area contributed by atoms with E-state index in [4.69, 9.17) is 0 Å². The second kappa shape index (κ2) is 6.30. The number of carbonyl (C=O) groups is 1. The van der Waals surface area contributed by atoms with Gasteiger partial charge in [0.25, 0.3) is 0 Å². The predicted octanol–water partition coefficient (Wildman–Crippen LogP) is 4.15. The molecule has 0 radical (unpaired) electrons. The average molecular weight is 321 g/mol. The van der Waals surface area contributed by atoms with Gasteiger partial charge < -0.3 is 5.11 Å². The molecular weight excluding hydrogens is 302 g/mol. The van der Waals surface area contributed by atoms with E-state index in [1.807, 2.05) is 0 Å². The number of carboxylic acid groups (broad SMARTS) is 1. The molecule has 1 aliphatic rings. The molecule has 0 spiro atoms. The first-order valence-electron chi connectivity index (χ1n) is 7.23. The van der Waals surface area contributed by atoms with Crippen molar-refractivity contribution in [3.05, 3.63) is 44.3 Å². The van der Waals surface area contributed by atoms with Crippen LogP contribution >= 0.6 is 22.7 Å². The standard InChI is InChI=1S/C16H19NO2S2/c1-11-5-9-21-15(11)14(12-6-8-20-10-12)17-7-3-2-4-13(17)16(18)19/h5-6,8-10,13-14H,2-4,7H2,1H3,(H,18,19). The summed E-state index contributed by atoms with van der Waals surface area (Å²) in [7, 11) is 0. The van der Waals surface area contributed by atoms with E-state index in [0.717, 1.165) is 25.8 Å². The maximum atomic E-state index is 11.7. The Kier molecular flexibility index (Phi) is 4.42. The van der Waals surface area contributed by atoms with Gasteiger partial charge in [0.05, 0.1) is 6.04 Å². The van der Waals surface area contributed by atoms with Crippen molar-refractivity contribution in [3.63, 3.8) is 0 Å². The molecule has 0 bridgehead atoms. The number of likely N-dealkylation sites (tertiary alicyclic amines) is 1. The summed E-state index contributed by atoms with van der Waals surface area (Å²) in [5.74, 6) is -0.691. The van der Waals surface area contributed by atoms with E-state index in [-0.39, 0.29) is 12.1 Å². The zero-order chi connectivity index (χ0) is 14.8. The Bertz CT molecular complexity index is 606. The van der Waals surface area contributed by atoms with Crippen LogP contribution in [0.2, 0.25) is 0 Å². The van der Waals surface area contributed by atoms with Crippen LogP contribution in [0.4, 0.5) is 0 Å². The predicted molar refractivity (Wildman–Crippen MR) is 87.2 cm³/mol. The Morgan fingerprint density at radius 3 is 2.86 bits per heavy atom. The lowest BCUT2D eigenvalue weighted by atomic mass is 9.95. The molecule has 1 N–H and O–H groups in total. The molecular formula is C16H19NO2S2. The minimum Gasteiger partial charge on any atom is -0.480 e. The zero-order valence-electron chi connectivity index (χ0n) is 12.0. The van der Waals surface area contributed by atoms with E-state index in [0.29, 0.717) is 0 Å². The third-order valence-corrected chi connectivity index (χ3v) is 5.94. The summed E-state index contributed by atoms with van der Waals surface area (Å²) in [6, 6.07) is 3.96. The van der Waals surface area contributed by atoms with Crippen molar-refractivity contribution in [3.8, 4) is 0 Å². The summed E-state index contributed by atoms with van der Waals surface area (Å²) in [5, 5.41) is 15.9. The van der Waals surface area contributed by atoms with Crippen molar-refractivity contribution in [1.29, 1.82) is 0 Å². The van der Waals surface area contributed by atoms with Crippen molar-refractivity contribution >= 4 is 28.6 Å². The van der Waals surface area contributed by atoms with Gasteiger partial charge in [-0.15, -0.1) is 11.3 Å². The number of carboxylic acids is 1. The van der Waals surface area contributed by atoms with Crippen LogP contribution in [-0.2, 0) is 4.79 Å². The highest BCUT2D eigenvalue weighted by molar-refractivity contribution is 7.10. The lowest BCUT2D eigenvalue weighted by Gasteiger charge is -2.39. The van der Waals surface area contributed by atoms with E-state index < -0.39 is 5.97 Å². The van der Waals surface area contributed by atoms with Gasteiger partial charge in [-0.05, 0) is 65.7 Å². The van der Waals surface area contributed by atoms with Crippen molar-refractivity contribution in [2.45, 2.75) is 38.3 Å². The van der Waals surface area contributed by atoms with Crippen LogP contribution in [0, 0.1) is 6.92 Å². The second-order valence-electron chi connectivity index (χ2n) is 5.51. The molecule has 1 aliphatic heterocycles. The molecule has 2 atom stereocenters. The van der Waals surface area contributed by atoms with Crippen LogP contribution in [0.1, 0.15) is 41.3 Å². The number of hydrogen-bond donors (Lipinski definition) is 1. The lowest BCUT2D eigenvalue weighted by molar-refractivity contribution is -0.145. The zero-order valence-corrected chi connectivity index (χ0v) is 13.6. The van der Waals surface area contributed by atoms with E-state index in [2.05, 4.69) is 40.1 Å². The number of hydrogen-bond acceptors (Lipinski definition) is 4. The van der Waals surface area contributed by atoms with Crippen LogP contribution in [-0.4, -0.2) is 28.6 Å². The SMILES string of the molecule is Cc1ccsc1C(c1ccsc1)N1CCCCC1C(=O)O. The van der Waals surface area contributed by atoms with Crippen LogP contribution in [0.5, 0.6) is 0 Å². The number of aliphatic carboxylic acids is 1. The molecule has 3 rings (SSSR count). The van der Waals surface area contributed by atoms with Crippen molar-refractivity contribution in [1.82, 2.24) is 4.90 Å². The normalized spacial score (nSPS) is 21.3. The number of rotatable bonds is 4. The topological polar surface area (TPSA) is 40.5 Å². The number of piperidine rings is 1. The average Bonchev–Trinajstić information content (AvgIpc) is 3.13. The highest BCUT2D eigenvalue weighted by atomic mass is 32.1. The fraction of sp³-hybridized carbons (Fsp3) is 0.438. The van der Waals surface area contributed by atoms with Crippen molar-refractivity contribution in [2.24, 2.45) is 0 Å². The summed E-state index contributed by atoms with van der Waals surface area (Å²) in [4.78, 5) is 15.1. The number of thiophene rings is 2. The van der Waals surface area contributed by atoms with Gasteiger partial charge in [-0.25, -0.2) is 0 Å². The molecule has 0 saturated carbocycles. The molecule has 2 aromatic rings. The summed E-state index contributed by atoms with van der Waals surface area (Å²) < 4.78 is 0. The van der Waals surface area contributed by atoms with E-state index in [9.17, 15) is 9.90 Å². The number of aryl methyl sites for hydroxylation is 1. The molecule has 5 heteroatoms. The van der Waals surface area contributed by atoms with Crippen LogP contribution in [0.15, 0.2) is 28.3 Å². The maximum absolute atomic E-state index is 11.7. The molecule has 3 heterocycles. The van der Waals surface area contributed by atoms with Crippen LogP contribution < -0.4 is 0 Å². The Balaban J connectivity index is 2.02. The summed E-state index contributed by atoms with van der Waals surface area (Å²) in [6.45, 7) is 2.97. The summed E-state index contributed by atoms with van der Waals surface area (Å²) >= 11 is 3.41. The quantitative estimate of drug-likeness (QED) is 0.920. The van der Waals surface area contributed by atoms with Gasteiger partial charge in [-0.3, -0.25) is 9.69 Å². The Labute approximate surface area is 132 Å². The fourth-order valence-electron chi connectivity index (χ4n) is 3.12. The minimum absolute atomic E-state index is 0.0812. The Hall–Kier alpha value is -1.17. The first kappa shape index (κ1) is 14.8. The molecule has 0 aromatic carbocycles. The minimum atomic E-state index is -0.691. The molecule has 112 valence electrons. The van der Waals surface area contributed by atoms with Crippen molar-refractivity contribution < 1.29 is 9.90 Å². The largest absolute Gasteiger partial charge is 0.480 e. The lowest BCUT2D eigenvalue weighted by Crippen LogP contribution is -2.46. The van der Waals surface area contributed by atoms with E-state index >= 15 is 0 Å². The van der Waals surface area contributed by atoms with E-state index in [1.54, 1.807) is 22.7 Å². The Morgan fingerprint density at radius 2 is 2.24 bits per heavy atom. The molecule has 0 aliphatic carbocycles. The van der Waals surface area contributed by atoms with Gasteiger partial charge in [0.15, 0.2) is 0 Å². The molecule has 1 fully saturated rings. The van der Waals surface area contributed by atoms with Crippen LogP contribution in [0.25, 0.3) is 0 Å². The smallest absolute Gasteiger partial charge is 0.320 e. The van der Waals surface area contributed by atoms with Gasteiger partial charge in [0.2, 0.25) is 0 Å². The van der Waals surface area contributed by atoms with Crippen molar-refractivity contribution in [2.75, 3.05) is 6.54 Å². The molecule has 1 saturated heterocycles. The summed E-state index contributed by atoms with van der Waals surface area (Å²) in [5.41, 5.74) is 2.48. The first-order valence-corrected chi connectivity index (χ1v) is 9.05. The van der Waals surface area contributed by atoms with Gasteiger partial charge in [-0.2, -0.15) is 11.3 Å². The fourth-order valence-corrected chi connectivity index (χ4v) is 4.87. The molecule has 0 amide bonds. The Morgan fingerprint density at radius 1 is 1.38 bits per heavy atom. The van der Waals surface area contributed by atoms with Gasteiger partial charge in [0, 0.05) is 4.88 Å². The molecule has 3 nitrogen and oxygen atoms in total. The monoisotopic (exact) mass is 321 g/mol. The number of nitrogens with zero attached hydrogens (tertiary/aromatic N) is 1. The molecule has 2 aromatic heterocycles. The third-order valence-electron chi connectivity index (χ3n) is 4.17. The third kappa shape index (κ3) is 2.91. The van der Waals surface area contributed by atoms with Crippen LogP contribution in [0.3, 0.4) is 0 Å². The highest BCUT2D eigenvalue weighted by Crippen LogP contribution is 2.38. The molecule has 21 heavy (non-hydrogen) atoms. The second-order valence-corrected chi connectivity index (χ2v) is 7.24. The highest BCUT2D eigenvalue weighted by Gasteiger charge is 2.36. The van der Waals surface area contributed by atoms with Gasteiger partial charge in [0.1, 0.15) is 6.04 Å².